The van der Waals surface area contributed by atoms with E-state index in [1.807, 2.05) is 24.3 Å². The lowest BCUT2D eigenvalue weighted by molar-refractivity contribution is 0.0900. The zero-order chi connectivity index (χ0) is 10.1. The molecule has 2 unspecified atom stereocenters. The Bertz CT molecular complexity index is 357. The first kappa shape index (κ1) is 9.41. The molecule has 2 atom stereocenters. The van der Waals surface area contributed by atoms with Gasteiger partial charge in [0.25, 0.3) is 0 Å². The minimum atomic E-state index is 0.0948. The Morgan fingerprint density at radius 1 is 1.43 bits per heavy atom. The molecule has 0 fully saturated rings. The molecule has 0 saturated carbocycles. The Kier molecular flexibility index (Phi) is 2.38. The van der Waals surface area contributed by atoms with Gasteiger partial charge in [0.1, 0.15) is 0 Å². The number of hydrogen-bond donors (Lipinski definition) is 1. The molecule has 0 radical (unpaired) electrons. The van der Waals surface area contributed by atoms with Crippen LogP contribution < -0.4 is 0 Å². The van der Waals surface area contributed by atoms with Crippen LogP contribution in [0.3, 0.4) is 0 Å². The number of aliphatic hydroxyl groups excluding tert-OH is 1. The van der Waals surface area contributed by atoms with Crippen molar-refractivity contribution in [3.63, 3.8) is 0 Å². The number of aliphatic hydroxyl groups is 1. The number of rotatable bonds is 1. The maximum absolute atomic E-state index is 11.7. The van der Waals surface area contributed by atoms with Crippen LogP contribution in [-0.2, 0) is 0 Å². The highest BCUT2D eigenvalue weighted by molar-refractivity contribution is 5.99. The van der Waals surface area contributed by atoms with Gasteiger partial charge in [-0.2, -0.15) is 0 Å². The summed E-state index contributed by atoms with van der Waals surface area (Å²) in [5, 5.41) is 9.15. The molecule has 0 spiro atoms. The van der Waals surface area contributed by atoms with E-state index in [1.54, 1.807) is 0 Å². The average Bonchev–Trinajstić information content (AvgIpc) is 2.23. The van der Waals surface area contributed by atoms with Gasteiger partial charge in [0.05, 0.1) is 0 Å². The summed E-state index contributed by atoms with van der Waals surface area (Å²) < 4.78 is 0. The minimum Gasteiger partial charge on any atom is -0.396 e. The zero-order valence-corrected chi connectivity index (χ0v) is 8.23. The molecule has 1 aliphatic rings. The van der Waals surface area contributed by atoms with Crippen molar-refractivity contribution < 1.29 is 9.90 Å². The van der Waals surface area contributed by atoms with Crippen LogP contribution in [0.25, 0.3) is 0 Å². The SMILES string of the molecule is CC1c2ccccc2C(=O)CC1CO. The van der Waals surface area contributed by atoms with E-state index in [1.165, 1.54) is 0 Å². The number of carbonyl (C=O) groups is 1. The number of Topliss-reactive ketones (excluding diaryl/α,β-unsaturated/α-hetero) is 1. The lowest BCUT2D eigenvalue weighted by Gasteiger charge is -2.28. The zero-order valence-electron chi connectivity index (χ0n) is 8.23. The van der Waals surface area contributed by atoms with E-state index in [0.717, 1.165) is 11.1 Å². The maximum Gasteiger partial charge on any atom is 0.163 e. The van der Waals surface area contributed by atoms with E-state index in [0.29, 0.717) is 6.42 Å². The summed E-state index contributed by atoms with van der Waals surface area (Å²) in [6.07, 6.45) is 0.481. The van der Waals surface area contributed by atoms with Gasteiger partial charge >= 0.3 is 0 Å². The van der Waals surface area contributed by atoms with E-state index in [2.05, 4.69) is 6.92 Å². The highest BCUT2D eigenvalue weighted by Gasteiger charge is 2.30. The smallest absolute Gasteiger partial charge is 0.163 e. The summed E-state index contributed by atoms with van der Waals surface area (Å²) in [6, 6.07) is 7.70. The Balaban J connectivity index is 2.46. The Morgan fingerprint density at radius 3 is 2.86 bits per heavy atom. The monoisotopic (exact) mass is 190 g/mol. The van der Waals surface area contributed by atoms with Crippen molar-refractivity contribution in [1.29, 1.82) is 0 Å². The van der Waals surface area contributed by atoms with Crippen LogP contribution in [0.5, 0.6) is 0 Å². The first-order chi connectivity index (χ1) is 6.74. The predicted molar refractivity (Wildman–Crippen MR) is 54.4 cm³/mol. The molecule has 0 aliphatic heterocycles. The van der Waals surface area contributed by atoms with Gasteiger partial charge < -0.3 is 5.11 Å². The van der Waals surface area contributed by atoms with Crippen LogP contribution in [0, 0.1) is 5.92 Å². The minimum absolute atomic E-state index is 0.0948. The molecule has 1 N–H and O–H groups in total. The fourth-order valence-corrected chi connectivity index (χ4v) is 2.15. The van der Waals surface area contributed by atoms with Gasteiger partial charge in [-0.3, -0.25) is 4.79 Å². The maximum atomic E-state index is 11.7. The molecule has 1 aromatic carbocycles. The van der Waals surface area contributed by atoms with Crippen molar-refractivity contribution in [2.75, 3.05) is 6.61 Å². The molecule has 2 rings (SSSR count). The summed E-state index contributed by atoms with van der Waals surface area (Å²) >= 11 is 0. The number of hydrogen-bond acceptors (Lipinski definition) is 2. The normalized spacial score (nSPS) is 26.0. The van der Waals surface area contributed by atoms with Gasteiger partial charge in [-0.25, -0.2) is 0 Å². The quantitative estimate of drug-likeness (QED) is 0.735. The lowest BCUT2D eigenvalue weighted by Crippen LogP contribution is -2.25. The Labute approximate surface area is 83.6 Å². The van der Waals surface area contributed by atoms with Gasteiger partial charge in [0.15, 0.2) is 5.78 Å². The largest absolute Gasteiger partial charge is 0.396 e. The van der Waals surface area contributed by atoms with E-state index in [4.69, 9.17) is 5.11 Å². The second kappa shape index (κ2) is 3.54. The molecule has 0 bridgehead atoms. The molecule has 0 aromatic heterocycles. The third-order valence-corrected chi connectivity index (χ3v) is 3.14. The van der Waals surface area contributed by atoms with E-state index < -0.39 is 0 Å². The molecule has 0 heterocycles. The summed E-state index contributed by atoms with van der Waals surface area (Å²) in [4.78, 5) is 11.7. The summed E-state index contributed by atoms with van der Waals surface area (Å²) in [5.41, 5.74) is 1.92. The topological polar surface area (TPSA) is 37.3 Å². The highest BCUT2D eigenvalue weighted by atomic mass is 16.3. The van der Waals surface area contributed by atoms with Gasteiger partial charge in [0, 0.05) is 18.6 Å². The van der Waals surface area contributed by atoms with Crippen LogP contribution in [0.1, 0.15) is 35.2 Å². The number of ketones is 1. The van der Waals surface area contributed by atoms with Crippen LogP contribution >= 0.6 is 0 Å². The third kappa shape index (κ3) is 1.36. The van der Waals surface area contributed by atoms with Crippen LogP contribution in [0.15, 0.2) is 24.3 Å². The molecule has 0 saturated heterocycles. The van der Waals surface area contributed by atoms with Crippen molar-refractivity contribution in [2.24, 2.45) is 5.92 Å². The molecule has 0 amide bonds. The molecule has 1 aromatic rings. The molecular weight excluding hydrogens is 176 g/mol. The number of benzene rings is 1. The standard InChI is InChI=1S/C12H14O2/c1-8-9(7-13)6-12(14)11-5-3-2-4-10(8)11/h2-5,8-9,13H,6-7H2,1H3. The van der Waals surface area contributed by atoms with Crippen molar-refractivity contribution in [1.82, 2.24) is 0 Å². The van der Waals surface area contributed by atoms with E-state index >= 15 is 0 Å². The first-order valence-electron chi connectivity index (χ1n) is 4.97. The summed E-state index contributed by atoms with van der Waals surface area (Å²) in [5.74, 6) is 0.545. The molecular formula is C12H14O2. The Hall–Kier alpha value is -1.15. The average molecular weight is 190 g/mol. The Morgan fingerprint density at radius 2 is 2.14 bits per heavy atom. The van der Waals surface area contributed by atoms with Gasteiger partial charge in [-0.05, 0) is 17.4 Å². The van der Waals surface area contributed by atoms with Crippen molar-refractivity contribution >= 4 is 5.78 Å². The predicted octanol–water partition coefficient (Wildman–Crippen LogP) is 1.98. The second-order valence-electron chi connectivity index (χ2n) is 3.95. The van der Waals surface area contributed by atoms with E-state index in [-0.39, 0.29) is 24.2 Å². The molecule has 14 heavy (non-hydrogen) atoms. The van der Waals surface area contributed by atoms with Crippen molar-refractivity contribution in [2.45, 2.75) is 19.3 Å². The first-order valence-corrected chi connectivity index (χ1v) is 4.97. The second-order valence-corrected chi connectivity index (χ2v) is 3.95. The molecule has 1 aliphatic carbocycles. The van der Waals surface area contributed by atoms with Gasteiger partial charge in [-0.1, -0.05) is 31.2 Å². The van der Waals surface area contributed by atoms with Gasteiger partial charge in [0.2, 0.25) is 0 Å². The summed E-state index contributed by atoms with van der Waals surface area (Å²) in [7, 11) is 0. The molecule has 2 nitrogen and oxygen atoms in total. The van der Waals surface area contributed by atoms with Crippen molar-refractivity contribution in [3.8, 4) is 0 Å². The third-order valence-electron chi connectivity index (χ3n) is 3.14. The molecule has 2 heteroatoms. The van der Waals surface area contributed by atoms with Crippen molar-refractivity contribution in [3.05, 3.63) is 35.4 Å². The fourth-order valence-electron chi connectivity index (χ4n) is 2.15. The number of fused-ring (bicyclic) bond motifs is 1. The van der Waals surface area contributed by atoms with Gasteiger partial charge in [-0.15, -0.1) is 0 Å². The van der Waals surface area contributed by atoms with Crippen LogP contribution in [-0.4, -0.2) is 17.5 Å². The number of carbonyl (C=O) groups excluding carboxylic acids is 1. The van der Waals surface area contributed by atoms with Crippen LogP contribution in [0.2, 0.25) is 0 Å². The fraction of sp³-hybridized carbons (Fsp3) is 0.417. The molecule has 74 valence electrons. The van der Waals surface area contributed by atoms with E-state index in [9.17, 15) is 4.79 Å². The van der Waals surface area contributed by atoms with Crippen LogP contribution in [0.4, 0.5) is 0 Å². The lowest BCUT2D eigenvalue weighted by atomic mass is 9.76. The summed E-state index contributed by atoms with van der Waals surface area (Å²) in [6.45, 7) is 2.17. The highest BCUT2D eigenvalue weighted by Crippen LogP contribution is 2.35.